The quantitative estimate of drug-likeness (QED) is 0.467. The number of para-hydroxylation sites is 1. The van der Waals surface area contributed by atoms with Crippen molar-refractivity contribution in [2.45, 2.75) is 44.2 Å². The molecule has 1 aliphatic heterocycles. The Kier molecular flexibility index (Phi) is 7.73. The molecule has 6 nitrogen and oxygen atoms in total. The summed E-state index contributed by atoms with van der Waals surface area (Å²) in [5.74, 6) is 0.327. The molecule has 2 N–H and O–H groups in total. The topological polar surface area (TPSA) is 72.4 Å². The Morgan fingerprint density at radius 2 is 1.91 bits per heavy atom. The maximum Gasteiger partial charge on any atom is 0.251 e. The fraction of sp³-hybridized carbons (Fsp3) is 0.385. The number of aromatic nitrogens is 1. The van der Waals surface area contributed by atoms with Crippen molar-refractivity contribution in [2.24, 2.45) is 0 Å². The molecule has 0 bridgehead atoms. The lowest BCUT2D eigenvalue weighted by Gasteiger charge is -2.10. The Morgan fingerprint density at radius 3 is 2.67 bits per heavy atom. The van der Waals surface area contributed by atoms with Gasteiger partial charge in [-0.05, 0) is 44.9 Å². The summed E-state index contributed by atoms with van der Waals surface area (Å²) in [4.78, 5) is 25.9. The van der Waals surface area contributed by atoms with Crippen molar-refractivity contribution in [3.63, 3.8) is 0 Å². The van der Waals surface area contributed by atoms with Gasteiger partial charge in [0.15, 0.2) is 0 Å². The molecular formula is C26H31N3O3S. The van der Waals surface area contributed by atoms with Crippen LogP contribution in [0.5, 0.6) is 0 Å². The van der Waals surface area contributed by atoms with Crippen molar-refractivity contribution in [1.82, 2.24) is 15.2 Å². The minimum atomic E-state index is -0.0595. The number of aryl methyl sites for hydroxylation is 2. The molecular weight excluding hydrogens is 434 g/mol. The van der Waals surface area contributed by atoms with Gasteiger partial charge < -0.3 is 19.9 Å². The molecule has 0 unspecified atom stereocenters. The van der Waals surface area contributed by atoms with Crippen LogP contribution in [-0.2, 0) is 16.1 Å². The van der Waals surface area contributed by atoms with E-state index in [2.05, 4.69) is 39.6 Å². The van der Waals surface area contributed by atoms with Gasteiger partial charge in [0.25, 0.3) is 5.91 Å². The number of nitrogens with one attached hydrogen (secondary N) is 2. The molecule has 1 saturated heterocycles. The zero-order valence-electron chi connectivity index (χ0n) is 19.2. The highest BCUT2D eigenvalue weighted by atomic mass is 32.2. The standard InChI is InChI=1S/C26H31N3O3S/c1-18-12-19(2)14-20(13-18)26(31)27-9-10-29-16-24(22-7-3-4-8-23(22)29)33-17-25(30)28-15-21-6-5-11-32-21/h3-4,7-8,12-14,16,21H,5-6,9-11,15,17H2,1-2H3,(H,27,31)(H,28,30)/t21-/m1/s1. The average molecular weight is 466 g/mol. The Labute approximate surface area is 199 Å². The highest BCUT2D eigenvalue weighted by molar-refractivity contribution is 8.00. The first-order chi connectivity index (χ1) is 16.0. The van der Waals surface area contributed by atoms with Crippen molar-refractivity contribution >= 4 is 34.5 Å². The summed E-state index contributed by atoms with van der Waals surface area (Å²) in [7, 11) is 0. The SMILES string of the molecule is Cc1cc(C)cc(C(=O)NCCn2cc(SCC(=O)NC[C@H]3CCCO3)c3ccccc32)c1. The Bertz CT molecular complexity index is 1110. The summed E-state index contributed by atoms with van der Waals surface area (Å²) >= 11 is 1.54. The normalized spacial score (nSPS) is 15.6. The maximum atomic E-state index is 12.6. The predicted molar refractivity (Wildman–Crippen MR) is 133 cm³/mol. The van der Waals surface area contributed by atoms with E-state index >= 15 is 0 Å². The number of ether oxygens (including phenoxy) is 1. The van der Waals surface area contributed by atoms with Gasteiger partial charge in [-0.25, -0.2) is 0 Å². The summed E-state index contributed by atoms with van der Waals surface area (Å²) in [6.45, 7) is 6.55. The molecule has 0 saturated carbocycles. The van der Waals surface area contributed by atoms with E-state index in [1.165, 1.54) is 0 Å². The van der Waals surface area contributed by atoms with Crippen LogP contribution in [0.2, 0.25) is 0 Å². The van der Waals surface area contributed by atoms with Crippen LogP contribution in [0, 0.1) is 13.8 Å². The van der Waals surface area contributed by atoms with Crippen molar-refractivity contribution in [1.29, 1.82) is 0 Å². The second-order valence-corrected chi connectivity index (χ2v) is 9.58. The van der Waals surface area contributed by atoms with E-state index in [9.17, 15) is 9.59 Å². The fourth-order valence-electron chi connectivity index (χ4n) is 4.24. The molecule has 33 heavy (non-hydrogen) atoms. The molecule has 0 aliphatic carbocycles. The lowest BCUT2D eigenvalue weighted by molar-refractivity contribution is -0.119. The number of rotatable bonds is 9. The van der Waals surface area contributed by atoms with E-state index < -0.39 is 0 Å². The zero-order chi connectivity index (χ0) is 23.2. The van der Waals surface area contributed by atoms with E-state index in [1.54, 1.807) is 11.8 Å². The van der Waals surface area contributed by atoms with Crippen LogP contribution in [0.25, 0.3) is 10.9 Å². The van der Waals surface area contributed by atoms with Gasteiger partial charge in [0.2, 0.25) is 5.91 Å². The number of fused-ring (bicyclic) bond motifs is 1. The second kappa shape index (κ2) is 10.9. The highest BCUT2D eigenvalue weighted by Crippen LogP contribution is 2.29. The van der Waals surface area contributed by atoms with E-state index in [-0.39, 0.29) is 17.9 Å². The van der Waals surface area contributed by atoms with Gasteiger partial charge in [-0.2, -0.15) is 0 Å². The second-order valence-electron chi connectivity index (χ2n) is 8.56. The summed E-state index contributed by atoms with van der Waals surface area (Å²) in [5.41, 5.74) is 3.95. The molecule has 7 heteroatoms. The third-order valence-corrected chi connectivity index (χ3v) is 6.83. The van der Waals surface area contributed by atoms with Gasteiger partial charge in [0.1, 0.15) is 0 Å². The first kappa shape index (κ1) is 23.4. The third kappa shape index (κ3) is 6.18. The number of hydrogen-bond donors (Lipinski definition) is 2. The molecule has 2 aromatic carbocycles. The summed E-state index contributed by atoms with van der Waals surface area (Å²) < 4.78 is 7.71. The van der Waals surface area contributed by atoms with Gasteiger partial charge in [0, 0.05) is 53.8 Å². The lowest BCUT2D eigenvalue weighted by atomic mass is 10.1. The van der Waals surface area contributed by atoms with Gasteiger partial charge in [-0.3, -0.25) is 9.59 Å². The fourth-order valence-corrected chi connectivity index (χ4v) is 5.16. The summed E-state index contributed by atoms with van der Waals surface area (Å²) in [6, 6.07) is 14.0. The minimum Gasteiger partial charge on any atom is -0.376 e. The van der Waals surface area contributed by atoms with Crippen LogP contribution < -0.4 is 10.6 Å². The Hall–Kier alpha value is -2.77. The van der Waals surface area contributed by atoms with Gasteiger partial charge in [0.05, 0.1) is 11.9 Å². The molecule has 1 atom stereocenters. The number of benzene rings is 2. The van der Waals surface area contributed by atoms with E-state index in [0.29, 0.717) is 31.0 Å². The third-order valence-electron chi connectivity index (χ3n) is 5.78. The number of hydrogen-bond acceptors (Lipinski definition) is 4. The molecule has 2 heterocycles. The first-order valence-electron chi connectivity index (χ1n) is 11.4. The summed E-state index contributed by atoms with van der Waals surface area (Å²) in [6.07, 6.45) is 4.31. The first-order valence-corrected chi connectivity index (χ1v) is 12.4. The van der Waals surface area contributed by atoms with Gasteiger partial charge in [-0.1, -0.05) is 35.4 Å². The summed E-state index contributed by atoms with van der Waals surface area (Å²) in [5, 5.41) is 7.13. The molecule has 1 aliphatic rings. The van der Waals surface area contributed by atoms with Gasteiger partial charge >= 0.3 is 0 Å². The van der Waals surface area contributed by atoms with Crippen molar-refractivity contribution in [2.75, 3.05) is 25.4 Å². The molecule has 0 spiro atoms. The predicted octanol–water partition coefficient (Wildman–Crippen LogP) is 4.08. The Balaban J connectivity index is 1.34. The highest BCUT2D eigenvalue weighted by Gasteiger charge is 2.17. The molecule has 1 fully saturated rings. The van der Waals surface area contributed by atoms with Crippen LogP contribution in [0.15, 0.2) is 53.6 Å². The zero-order valence-corrected chi connectivity index (χ0v) is 20.0. The molecule has 3 aromatic rings. The van der Waals surface area contributed by atoms with Crippen molar-refractivity contribution in [3.8, 4) is 0 Å². The van der Waals surface area contributed by atoms with Crippen molar-refractivity contribution < 1.29 is 14.3 Å². The maximum absolute atomic E-state index is 12.6. The molecule has 2 amide bonds. The van der Waals surface area contributed by atoms with E-state index in [1.807, 2.05) is 38.1 Å². The number of carbonyl (C=O) groups is 2. The molecule has 174 valence electrons. The number of thioether (sulfide) groups is 1. The van der Waals surface area contributed by atoms with E-state index in [0.717, 1.165) is 46.4 Å². The minimum absolute atomic E-state index is 0.0213. The van der Waals surface area contributed by atoms with E-state index in [4.69, 9.17) is 4.74 Å². The monoisotopic (exact) mass is 465 g/mol. The smallest absolute Gasteiger partial charge is 0.251 e. The largest absolute Gasteiger partial charge is 0.376 e. The van der Waals surface area contributed by atoms with Crippen LogP contribution in [0.1, 0.15) is 34.3 Å². The van der Waals surface area contributed by atoms with Crippen LogP contribution in [0.3, 0.4) is 0 Å². The number of amides is 2. The molecule has 4 rings (SSSR count). The lowest BCUT2D eigenvalue weighted by Crippen LogP contribution is -2.32. The van der Waals surface area contributed by atoms with Crippen LogP contribution in [0.4, 0.5) is 0 Å². The average Bonchev–Trinajstić information content (AvgIpc) is 3.44. The van der Waals surface area contributed by atoms with Gasteiger partial charge in [-0.15, -0.1) is 11.8 Å². The number of nitrogens with zero attached hydrogens (tertiary/aromatic N) is 1. The van der Waals surface area contributed by atoms with Crippen LogP contribution >= 0.6 is 11.8 Å². The Morgan fingerprint density at radius 1 is 1.12 bits per heavy atom. The number of carbonyl (C=O) groups excluding carboxylic acids is 2. The van der Waals surface area contributed by atoms with Crippen molar-refractivity contribution in [3.05, 3.63) is 65.4 Å². The molecule has 0 radical (unpaired) electrons. The van der Waals surface area contributed by atoms with Crippen LogP contribution in [-0.4, -0.2) is 47.9 Å². The molecule has 1 aromatic heterocycles.